The summed E-state index contributed by atoms with van der Waals surface area (Å²) in [6.45, 7) is 2.29. The molecule has 2 aromatic rings. The Morgan fingerprint density at radius 2 is 2.29 bits per heavy atom. The summed E-state index contributed by atoms with van der Waals surface area (Å²) in [5.41, 5.74) is 2.48. The number of aromatic nitrogens is 1. The van der Waals surface area contributed by atoms with Gasteiger partial charge >= 0.3 is 5.97 Å². The van der Waals surface area contributed by atoms with Crippen molar-refractivity contribution in [1.82, 2.24) is 5.16 Å². The van der Waals surface area contributed by atoms with Gasteiger partial charge in [-0.15, -0.1) is 0 Å². The number of nitrogens with zero attached hydrogens (tertiary/aromatic N) is 1. The van der Waals surface area contributed by atoms with E-state index in [2.05, 4.69) is 10.5 Å². The summed E-state index contributed by atoms with van der Waals surface area (Å²) in [4.78, 5) is 11.1. The van der Waals surface area contributed by atoms with Crippen LogP contribution in [0.3, 0.4) is 0 Å². The van der Waals surface area contributed by atoms with Crippen molar-refractivity contribution in [3.05, 3.63) is 47.3 Å². The summed E-state index contributed by atoms with van der Waals surface area (Å²) < 4.78 is 4.70. The van der Waals surface area contributed by atoms with E-state index in [1.165, 1.54) is 6.26 Å². The van der Waals surface area contributed by atoms with E-state index >= 15 is 0 Å². The molecule has 0 radical (unpaired) electrons. The van der Waals surface area contributed by atoms with Gasteiger partial charge in [0, 0.05) is 6.07 Å². The van der Waals surface area contributed by atoms with E-state index in [0.717, 1.165) is 11.3 Å². The number of hydrogen-bond acceptors (Lipinski definition) is 4. The number of hydrogen-bond donors (Lipinski definition) is 2. The molecule has 2 rings (SSSR count). The van der Waals surface area contributed by atoms with Crippen LogP contribution < -0.4 is 5.32 Å². The highest BCUT2D eigenvalue weighted by atomic mass is 16.5. The van der Waals surface area contributed by atoms with E-state index in [4.69, 9.17) is 9.63 Å². The number of aryl methyl sites for hydroxylation is 1. The SMILES string of the molecule is Cc1cccc(C(=O)O)c1NCc1ccon1. The van der Waals surface area contributed by atoms with Gasteiger partial charge in [-0.1, -0.05) is 17.3 Å². The Labute approximate surface area is 98.1 Å². The molecule has 17 heavy (non-hydrogen) atoms. The van der Waals surface area contributed by atoms with Crippen LogP contribution in [0.2, 0.25) is 0 Å². The van der Waals surface area contributed by atoms with Crippen LogP contribution in [0.5, 0.6) is 0 Å². The summed E-state index contributed by atoms with van der Waals surface area (Å²) in [7, 11) is 0. The number of anilines is 1. The van der Waals surface area contributed by atoms with Crippen molar-refractivity contribution in [2.24, 2.45) is 0 Å². The van der Waals surface area contributed by atoms with Gasteiger partial charge in [0.1, 0.15) is 12.0 Å². The van der Waals surface area contributed by atoms with E-state index in [-0.39, 0.29) is 5.56 Å². The Morgan fingerprint density at radius 3 is 2.94 bits per heavy atom. The van der Waals surface area contributed by atoms with E-state index in [9.17, 15) is 4.79 Å². The van der Waals surface area contributed by atoms with Gasteiger partial charge < -0.3 is 14.9 Å². The Bertz CT molecular complexity index is 521. The zero-order valence-electron chi connectivity index (χ0n) is 9.30. The highest BCUT2D eigenvalue weighted by Gasteiger charge is 2.11. The summed E-state index contributed by atoms with van der Waals surface area (Å²) in [6.07, 6.45) is 1.48. The number of carboxylic acid groups (broad SMARTS) is 1. The Kier molecular flexibility index (Phi) is 3.09. The molecule has 1 aromatic carbocycles. The fourth-order valence-electron chi connectivity index (χ4n) is 1.59. The minimum Gasteiger partial charge on any atom is -0.478 e. The van der Waals surface area contributed by atoms with Crippen molar-refractivity contribution in [2.45, 2.75) is 13.5 Å². The first-order valence-electron chi connectivity index (χ1n) is 5.14. The second-order valence-corrected chi connectivity index (χ2v) is 3.65. The second kappa shape index (κ2) is 4.69. The summed E-state index contributed by atoms with van der Waals surface area (Å²) in [6, 6.07) is 6.88. The van der Waals surface area contributed by atoms with Crippen molar-refractivity contribution in [3.8, 4) is 0 Å². The predicted octanol–water partition coefficient (Wildman–Crippen LogP) is 2.29. The van der Waals surface area contributed by atoms with Crippen molar-refractivity contribution in [2.75, 3.05) is 5.32 Å². The van der Waals surface area contributed by atoms with Gasteiger partial charge in [0.25, 0.3) is 0 Å². The van der Waals surface area contributed by atoms with Gasteiger partial charge in [0.15, 0.2) is 0 Å². The number of carbonyl (C=O) groups is 1. The van der Waals surface area contributed by atoms with E-state index in [0.29, 0.717) is 12.2 Å². The number of carboxylic acids is 1. The molecule has 0 unspecified atom stereocenters. The maximum atomic E-state index is 11.1. The molecule has 0 bridgehead atoms. The molecule has 88 valence electrons. The molecule has 1 aromatic heterocycles. The lowest BCUT2D eigenvalue weighted by molar-refractivity contribution is 0.0698. The van der Waals surface area contributed by atoms with Crippen LogP contribution in [0.4, 0.5) is 5.69 Å². The lowest BCUT2D eigenvalue weighted by atomic mass is 10.1. The minimum absolute atomic E-state index is 0.258. The topological polar surface area (TPSA) is 75.4 Å². The van der Waals surface area contributed by atoms with Gasteiger partial charge in [-0.05, 0) is 18.6 Å². The monoisotopic (exact) mass is 232 g/mol. The van der Waals surface area contributed by atoms with Gasteiger partial charge in [0.2, 0.25) is 0 Å². The van der Waals surface area contributed by atoms with E-state index in [1.807, 2.05) is 13.0 Å². The smallest absolute Gasteiger partial charge is 0.337 e. The average Bonchev–Trinajstić information content (AvgIpc) is 2.80. The zero-order chi connectivity index (χ0) is 12.3. The molecule has 1 heterocycles. The normalized spacial score (nSPS) is 10.2. The molecule has 0 spiro atoms. The van der Waals surface area contributed by atoms with Gasteiger partial charge in [-0.2, -0.15) is 0 Å². The van der Waals surface area contributed by atoms with E-state index < -0.39 is 5.97 Å². The quantitative estimate of drug-likeness (QED) is 0.845. The van der Waals surface area contributed by atoms with Crippen LogP contribution in [-0.4, -0.2) is 16.2 Å². The first kappa shape index (κ1) is 11.2. The summed E-state index contributed by atoms with van der Waals surface area (Å²) >= 11 is 0. The molecule has 0 amide bonds. The van der Waals surface area contributed by atoms with Crippen LogP contribution >= 0.6 is 0 Å². The number of para-hydroxylation sites is 1. The van der Waals surface area contributed by atoms with Crippen molar-refractivity contribution < 1.29 is 14.4 Å². The van der Waals surface area contributed by atoms with Crippen molar-refractivity contribution in [3.63, 3.8) is 0 Å². The molecule has 0 atom stereocenters. The molecule has 0 saturated carbocycles. The molecule has 0 aliphatic rings. The number of nitrogens with one attached hydrogen (secondary N) is 1. The second-order valence-electron chi connectivity index (χ2n) is 3.65. The van der Waals surface area contributed by atoms with E-state index in [1.54, 1.807) is 18.2 Å². The first-order valence-corrected chi connectivity index (χ1v) is 5.14. The number of benzene rings is 1. The summed E-state index contributed by atoms with van der Waals surface area (Å²) in [5, 5.41) is 15.9. The van der Waals surface area contributed by atoms with Crippen LogP contribution in [0.1, 0.15) is 21.6 Å². The van der Waals surface area contributed by atoms with Gasteiger partial charge in [0.05, 0.1) is 17.8 Å². The third-order valence-corrected chi connectivity index (χ3v) is 2.44. The highest BCUT2D eigenvalue weighted by Crippen LogP contribution is 2.21. The largest absolute Gasteiger partial charge is 0.478 e. The molecule has 0 aliphatic carbocycles. The van der Waals surface area contributed by atoms with Crippen molar-refractivity contribution in [1.29, 1.82) is 0 Å². The first-order chi connectivity index (χ1) is 8.18. The zero-order valence-corrected chi connectivity index (χ0v) is 9.30. The maximum absolute atomic E-state index is 11.1. The van der Waals surface area contributed by atoms with Crippen LogP contribution in [0, 0.1) is 6.92 Å². The fraction of sp³-hybridized carbons (Fsp3) is 0.167. The molecular formula is C12H12N2O3. The molecule has 5 nitrogen and oxygen atoms in total. The highest BCUT2D eigenvalue weighted by molar-refractivity contribution is 5.95. The lowest BCUT2D eigenvalue weighted by Gasteiger charge is -2.11. The van der Waals surface area contributed by atoms with Crippen LogP contribution in [-0.2, 0) is 6.54 Å². The van der Waals surface area contributed by atoms with Crippen molar-refractivity contribution >= 4 is 11.7 Å². The maximum Gasteiger partial charge on any atom is 0.337 e. The number of rotatable bonds is 4. The molecule has 0 saturated heterocycles. The van der Waals surface area contributed by atoms with Gasteiger partial charge in [-0.3, -0.25) is 0 Å². The third-order valence-electron chi connectivity index (χ3n) is 2.44. The van der Waals surface area contributed by atoms with Gasteiger partial charge in [-0.25, -0.2) is 4.79 Å². The predicted molar refractivity (Wildman–Crippen MR) is 62.0 cm³/mol. The minimum atomic E-state index is -0.948. The van der Waals surface area contributed by atoms with Crippen LogP contribution in [0.25, 0.3) is 0 Å². The molecular weight excluding hydrogens is 220 g/mol. The van der Waals surface area contributed by atoms with Crippen LogP contribution in [0.15, 0.2) is 35.1 Å². The molecule has 0 fully saturated rings. The lowest BCUT2D eigenvalue weighted by Crippen LogP contribution is -2.08. The Balaban J connectivity index is 2.22. The third kappa shape index (κ3) is 2.44. The average molecular weight is 232 g/mol. The summed E-state index contributed by atoms with van der Waals surface area (Å²) in [5.74, 6) is -0.948. The number of aromatic carboxylic acids is 1. The fourth-order valence-corrected chi connectivity index (χ4v) is 1.59. The standard InChI is InChI=1S/C12H12N2O3/c1-8-3-2-4-10(12(15)16)11(8)13-7-9-5-6-17-14-9/h2-6,13H,7H2,1H3,(H,15,16). The molecule has 5 heteroatoms. The Hall–Kier alpha value is -2.30. The molecule has 0 aliphatic heterocycles. The Morgan fingerprint density at radius 1 is 1.47 bits per heavy atom. The molecule has 2 N–H and O–H groups in total.